The number of amides is 2. The molecule has 4 rings (SSSR count). The van der Waals surface area contributed by atoms with Crippen LogP contribution in [0.4, 0.5) is 0 Å². The lowest BCUT2D eigenvalue weighted by molar-refractivity contribution is -0.133. The van der Waals surface area contributed by atoms with Crippen molar-refractivity contribution in [1.29, 1.82) is 0 Å². The van der Waals surface area contributed by atoms with Crippen molar-refractivity contribution in [3.8, 4) is 0 Å². The molecule has 2 amide bonds. The molecule has 2 fully saturated rings. The maximum Gasteiger partial charge on any atom is 0.290 e. The summed E-state index contributed by atoms with van der Waals surface area (Å²) in [7, 11) is 0. The van der Waals surface area contributed by atoms with E-state index in [0.29, 0.717) is 18.1 Å². The van der Waals surface area contributed by atoms with Crippen molar-refractivity contribution in [2.75, 3.05) is 0 Å². The van der Waals surface area contributed by atoms with Crippen LogP contribution >= 0.6 is 0 Å². The minimum Gasteiger partial charge on any atom is -0.454 e. The average molecular weight is 384 g/mol. The molecular formula is C21H28N4O3. The first-order chi connectivity index (χ1) is 13.4. The summed E-state index contributed by atoms with van der Waals surface area (Å²) in [5, 5.41) is 7.25. The molecule has 0 aromatic carbocycles. The Bertz CT molecular complexity index is 857. The van der Waals surface area contributed by atoms with Crippen LogP contribution in [0.5, 0.6) is 0 Å². The maximum atomic E-state index is 13.3. The number of hydrogen-bond acceptors (Lipinski definition) is 4. The molecule has 0 saturated carbocycles. The van der Waals surface area contributed by atoms with Gasteiger partial charge in [-0.15, -0.1) is 0 Å². The van der Waals surface area contributed by atoms with Crippen LogP contribution in [0.1, 0.15) is 62.8 Å². The van der Waals surface area contributed by atoms with Gasteiger partial charge in [0, 0.05) is 30.5 Å². The van der Waals surface area contributed by atoms with E-state index in [9.17, 15) is 9.59 Å². The van der Waals surface area contributed by atoms with Crippen LogP contribution in [0.2, 0.25) is 0 Å². The summed E-state index contributed by atoms with van der Waals surface area (Å²) in [4.78, 5) is 28.2. The van der Waals surface area contributed by atoms with E-state index in [1.54, 1.807) is 16.9 Å². The van der Waals surface area contributed by atoms with Gasteiger partial charge in [-0.2, -0.15) is 5.10 Å². The molecule has 0 unspecified atom stereocenters. The minimum atomic E-state index is -0.493. The second-order valence-electron chi connectivity index (χ2n) is 8.27. The summed E-state index contributed by atoms with van der Waals surface area (Å²) in [6.45, 7) is 6.49. The van der Waals surface area contributed by atoms with Crippen molar-refractivity contribution < 1.29 is 14.0 Å². The standard InChI is InChI=1S/C21H28N4O3/c1-4-21(20(27)23-14(2)3)12-15-6-9-18(21)25(15)19(26)17-8-7-16(28-17)13-24-11-5-10-22-24/h5,7-8,10-11,14-15,18H,4,6,9,12-13H2,1-3H3,(H,23,27)/t15-,18+,21+/m1/s1. The first-order valence-electron chi connectivity index (χ1n) is 10.1. The molecule has 2 bridgehead atoms. The Labute approximate surface area is 165 Å². The Kier molecular flexibility index (Phi) is 4.77. The highest BCUT2D eigenvalue weighted by Crippen LogP contribution is 2.52. The third-order valence-corrected chi connectivity index (χ3v) is 6.23. The Balaban J connectivity index is 1.54. The van der Waals surface area contributed by atoms with Crippen molar-refractivity contribution >= 4 is 11.8 Å². The summed E-state index contributed by atoms with van der Waals surface area (Å²) in [6.07, 6.45) is 6.86. The Morgan fingerprint density at radius 3 is 2.86 bits per heavy atom. The Morgan fingerprint density at radius 1 is 1.36 bits per heavy atom. The van der Waals surface area contributed by atoms with Crippen LogP contribution in [0.15, 0.2) is 35.0 Å². The molecule has 4 heterocycles. The van der Waals surface area contributed by atoms with Gasteiger partial charge < -0.3 is 14.6 Å². The first kappa shape index (κ1) is 18.8. The number of hydrogen-bond donors (Lipinski definition) is 1. The van der Waals surface area contributed by atoms with E-state index in [1.165, 1.54) is 0 Å². The molecule has 28 heavy (non-hydrogen) atoms. The van der Waals surface area contributed by atoms with E-state index in [-0.39, 0.29) is 29.9 Å². The van der Waals surface area contributed by atoms with Crippen molar-refractivity contribution in [1.82, 2.24) is 20.0 Å². The van der Waals surface area contributed by atoms with Crippen LogP contribution in [0.25, 0.3) is 0 Å². The van der Waals surface area contributed by atoms with Crippen molar-refractivity contribution in [3.63, 3.8) is 0 Å². The van der Waals surface area contributed by atoms with Crippen LogP contribution in [0.3, 0.4) is 0 Å². The fourth-order valence-electron chi connectivity index (χ4n) is 4.94. The van der Waals surface area contributed by atoms with Crippen LogP contribution in [0, 0.1) is 5.41 Å². The van der Waals surface area contributed by atoms with Gasteiger partial charge in [0.05, 0.1) is 12.0 Å². The number of nitrogens with zero attached hydrogens (tertiary/aromatic N) is 3. The molecule has 2 aliphatic rings. The van der Waals surface area contributed by atoms with Gasteiger partial charge in [-0.05, 0) is 57.7 Å². The number of carbonyl (C=O) groups excluding carboxylic acids is 2. The van der Waals surface area contributed by atoms with Crippen molar-refractivity contribution in [2.24, 2.45) is 5.41 Å². The molecule has 7 heteroatoms. The molecule has 7 nitrogen and oxygen atoms in total. The van der Waals surface area contributed by atoms with Gasteiger partial charge in [0.1, 0.15) is 5.76 Å². The van der Waals surface area contributed by atoms with E-state index in [4.69, 9.17) is 4.42 Å². The topological polar surface area (TPSA) is 80.4 Å². The zero-order valence-corrected chi connectivity index (χ0v) is 16.7. The van der Waals surface area contributed by atoms with Gasteiger partial charge in [-0.25, -0.2) is 0 Å². The molecule has 2 saturated heterocycles. The lowest BCUT2D eigenvalue weighted by Crippen LogP contribution is -2.51. The van der Waals surface area contributed by atoms with Crippen molar-refractivity contribution in [2.45, 2.75) is 71.1 Å². The maximum absolute atomic E-state index is 13.3. The quantitative estimate of drug-likeness (QED) is 0.830. The zero-order valence-electron chi connectivity index (χ0n) is 16.7. The SMILES string of the molecule is CC[C@]1(C(=O)NC(C)C)C[C@H]2CC[C@@H]1N2C(=O)c1ccc(Cn2cccn2)o1. The van der Waals surface area contributed by atoms with Crippen molar-refractivity contribution in [3.05, 3.63) is 42.1 Å². The third-order valence-electron chi connectivity index (χ3n) is 6.23. The van der Waals surface area contributed by atoms with Crippen LogP contribution in [-0.4, -0.2) is 44.6 Å². The predicted octanol–water partition coefficient (Wildman–Crippen LogP) is 2.82. The molecule has 150 valence electrons. The highest BCUT2D eigenvalue weighted by atomic mass is 16.4. The average Bonchev–Trinajstić information content (AvgIpc) is 3.44. The number of carbonyl (C=O) groups is 2. The van der Waals surface area contributed by atoms with Gasteiger partial charge in [0.2, 0.25) is 5.91 Å². The molecule has 3 atom stereocenters. The largest absolute Gasteiger partial charge is 0.454 e. The predicted molar refractivity (Wildman–Crippen MR) is 104 cm³/mol. The summed E-state index contributed by atoms with van der Waals surface area (Å²) in [5.41, 5.74) is -0.493. The van der Waals surface area contributed by atoms with E-state index < -0.39 is 5.41 Å². The second-order valence-corrected chi connectivity index (χ2v) is 8.27. The fraction of sp³-hybridized carbons (Fsp3) is 0.571. The molecule has 0 radical (unpaired) electrons. The summed E-state index contributed by atoms with van der Waals surface area (Å²) >= 11 is 0. The fourth-order valence-corrected chi connectivity index (χ4v) is 4.94. The lowest BCUT2D eigenvalue weighted by Gasteiger charge is -2.35. The summed E-state index contributed by atoms with van der Waals surface area (Å²) < 4.78 is 7.58. The van der Waals surface area contributed by atoms with Gasteiger partial charge in [-0.1, -0.05) is 6.92 Å². The number of nitrogens with one attached hydrogen (secondary N) is 1. The number of fused-ring (bicyclic) bond motifs is 2. The first-order valence-corrected chi connectivity index (χ1v) is 10.1. The van der Waals surface area contributed by atoms with Crippen LogP contribution in [-0.2, 0) is 11.3 Å². The normalized spacial score (nSPS) is 26.2. The van der Waals surface area contributed by atoms with E-state index in [0.717, 1.165) is 25.7 Å². The van der Waals surface area contributed by atoms with Gasteiger partial charge in [0.15, 0.2) is 5.76 Å². The molecule has 0 spiro atoms. The van der Waals surface area contributed by atoms with E-state index in [2.05, 4.69) is 17.3 Å². The molecular weight excluding hydrogens is 356 g/mol. The monoisotopic (exact) mass is 384 g/mol. The smallest absolute Gasteiger partial charge is 0.290 e. The number of rotatable bonds is 6. The van der Waals surface area contributed by atoms with Crippen LogP contribution < -0.4 is 5.32 Å². The Hall–Kier alpha value is -2.57. The number of aromatic nitrogens is 2. The number of furan rings is 1. The molecule has 1 N–H and O–H groups in total. The molecule has 2 aliphatic heterocycles. The third kappa shape index (κ3) is 3.02. The summed E-state index contributed by atoms with van der Waals surface area (Å²) in [5.74, 6) is 1.01. The molecule has 2 aromatic rings. The van der Waals surface area contributed by atoms with Gasteiger partial charge in [-0.3, -0.25) is 14.3 Å². The second kappa shape index (κ2) is 7.11. The zero-order chi connectivity index (χ0) is 19.9. The van der Waals surface area contributed by atoms with Gasteiger partial charge >= 0.3 is 0 Å². The van der Waals surface area contributed by atoms with E-state index >= 15 is 0 Å². The minimum absolute atomic E-state index is 0.0617. The summed E-state index contributed by atoms with van der Waals surface area (Å²) in [6, 6.07) is 5.55. The molecule has 2 aromatic heterocycles. The van der Waals surface area contributed by atoms with Gasteiger partial charge in [0.25, 0.3) is 5.91 Å². The molecule has 0 aliphatic carbocycles. The lowest BCUT2D eigenvalue weighted by atomic mass is 9.71. The van der Waals surface area contributed by atoms with E-state index in [1.807, 2.05) is 37.1 Å². The highest BCUT2D eigenvalue weighted by molar-refractivity contribution is 5.94. The highest BCUT2D eigenvalue weighted by Gasteiger charge is 2.60. The Morgan fingerprint density at radius 2 is 2.18 bits per heavy atom.